The van der Waals surface area contributed by atoms with Gasteiger partial charge < -0.3 is 59.4 Å². The van der Waals surface area contributed by atoms with Crippen molar-refractivity contribution < 1.29 is 88.2 Å². The average Bonchev–Trinajstić information content (AvgIpc) is 3.15. The van der Waals surface area contributed by atoms with Crippen molar-refractivity contribution in [3.05, 3.63) is 0 Å². The summed E-state index contributed by atoms with van der Waals surface area (Å²) >= 11 is 0. The van der Waals surface area contributed by atoms with Gasteiger partial charge in [-0.1, -0.05) is 99.3 Å². The van der Waals surface area contributed by atoms with Crippen molar-refractivity contribution >= 4 is 105 Å². The van der Waals surface area contributed by atoms with Crippen LogP contribution in [0.25, 0.3) is 0 Å². The smallest absolute Gasteiger partial charge is 0.550 e. The number of carboxylic acids is 6. The molecular weight excluding hydrogens is 882 g/mol. The Labute approximate surface area is 406 Å². The van der Waals surface area contributed by atoms with E-state index in [1.807, 2.05) is 41.5 Å². The second-order valence-corrected chi connectivity index (χ2v) is 14.2. The largest absolute Gasteiger partial charge is 3.00 e. The monoisotopic (exact) mass is 954 g/mol. The third-order valence-corrected chi connectivity index (χ3v) is 7.65. The molecule has 18 nitrogen and oxygen atoms in total. The molecule has 20 heteroatoms. The Hall–Kier alpha value is -4.10. The Morgan fingerprint density at radius 2 is 0.354 bits per heavy atom. The number of aliphatic carboxylic acids is 6. The van der Waals surface area contributed by atoms with Crippen molar-refractivity contribution in [2.24, 2.45) is 0 Å². The van der Waals surface area contributed by atoms with E-state index < -0.39 is 74.3 Å². The molecule has 0 saturated carbocycles. The van der Waals surface area contributed by atoms with Crippen molar-refractivity contribution in [1.29, 1.82) is 0 Å². The van der Waals surface area contributed by atoms with Gasteiger partial charge in [0.25, 0.3) is 0 Å². The summed E-state index contributed by atoms with van der Waals surface area (Å²) in [6.07, 6.45) is 13.2. The van der Waals surface area contributed by atoms with E-state index in [1.54, 1.807) is 0 Å². The average molecular weight is 955 g/mol. The third-order valence-electron chi connectivity index (χ3n) is 7.65. The second-order valence-electron chi connectivity index (χ2n) is 14.2. The predicted octanol–water partition coefficient (Wildman–Crippen LogP) is -0.277. The summed E-state index contributed by atoms with van der Waals surface area (Å²) < 4.78 is 0. The number of carbonyl (C=O) groups excluding carboxylic acids is 12. The normalized spacial score (nSPS) is 9.14. The van der Waals surface area contributed by atoms with E-state index >= 15 is 0 Å². The van der Waals surface area contributed by atoms with Gasteiger partial charge in [-0.25, -0.2) is 0 Å². The van der Waals surface area contributed by atoms with Gasteiger partial charge in [-0.2, -0.15) is 0 Å². The molecule has 366 valence electrons. The van der Waals surface area contributed by atoms with Crippen LogP contribution >= 0.6 is 0 Å². The fourth-order valence-electron chi connectivity index (χ4n) is 4.33. The van der Waals surface area contributed by atoms with Gasteiger partial charge in [0, 0.05) is 113 Å². The molecule has 0 saturated heterocycles. The maximum absolute atomic E-state index is 10.7. The van der Waals surface area contributed by atoms with Crippen molar-refractivity contribution in [3.8, 4) is 0 Å². The van der Waals surface area contributed by atoms with Crippen LogP contribution in [0.15, 0.2) is 0 Å². The van der Waals surface area contributed by atoms with Gasteiger partial charge in [-0.15, -0.1) is 0 Å². The zero-order valence-electron chi connectivity index (χ0n) is 39.6. The van der Waals surface area contributed by atoms with Gasteiger partial charge >= 0.3 is 34.7 Å². The molecule has 0 heterocycles. The standard InChI is InChI=1S/3C8H14O3.3C7H12O3.2Al/c3*1-2-3-4-5-7(9)6-8(10)11;3*1-2-3-4-6(8)5-7(9)10;;/h3*2-6H2,1H3,(H,10,11);3*2-5H2,1H3,(H,9,10);;/q;;;;;;2*+3/p-6. The van der Waals surface area contributed by atoms with Crippen molar-refractivity contribution in [2.75, 3.05) is 0 Å². The quantitative estimate of drug-likeness (QED) is 0.0464. The van der Waals surface area contributed by atoms with Gasteiger partial charge in [0.15, 0.2) is 0 Å². The zero-order chi connectivity index (χ0) is 50.0. The molecule has 0 aromatic heterocycles. The molecule has 0 spiro atoms. The molecule has 0 aliphatic carbocycles. The fourth-order valence-corrected chi connectivity index (χ4v) is 4.33. The maximum Gasteiger partial charge on any atom is 3.00 e. The number of carbonyl (C=O) groups is 12. The summed E-state index contributed by atoms with van der Waals surface area (Å²) in [6.45, 7) is 11.9. The Morgan fingerprint density at radius 3 is 0.462 bits per heavy atom. The first-order chi connectivity index (χ1) is 29.5. The van der Waals surface area contributed by atoms with Gasteiger partial charge in [0.2, 0.25) is 0 Å². The summed E-state index contributed by atoms with van der Waals surface area (Å²) in [6, 6.07) is 0. The molecule has 0 aromatic carbocycles. The first-order valence-electron chi connectivity index (χ1n) is 21.8. The van der Waals surface area contributed by atoms with Crippen LogP contribution < -0.4 is 30.6 Å². The van der Waals surface area contributed by atoms with Crippen LogP contribution in [0, 0.1) is 0 Å². The number of hydrogen-bond acceptors (Lipinski definition) is 18. The summed E-state index contributed by atoms with van der Waals surface area (Å²) in [5.74, 6) is -9.02. The number of hydrogen-bond donors (Lipinski definition) is 0. The number of carboxylic acid groups (broad SMARTS) is 6. The van der Waals surface area contributed by atoms with Crippen LogP contribution in [-0.2, 0) is 57.5 Å². The van der Waals surface area contributed by atoms with Gasteiger partial charge in [0.05, 0.1) is 0 Å². The number of rotatable bonds is 33. The summed E-state index contributed by atoms with van der Waals surface area (Å²) in [4.78, 5) is 123. The Bertz CT molecular complexity index is 1170. The van der Waals surface area contributed by atoms with Crippen molar-refractivity contribution in [2.45, 2.75) is 215 Å². The van der Waals surface area contributed by atoms with E-state index in [0.717, 1.165) is 96.3 Å². The predicted molar refractivity (Wildman–Crippen MR) is 230 cm³/mol. The van der Waals surface area contributed by atoms with Gasteiger partial charge in [0.1, 0.15) is 34.7 Å². The minimum absolute atomic E-state index is 0. The Morgan fingerprint density at radius 1 is 0.231 bits per heavy atom. The first kappa shape index (κ1) is 78.1. The molecule has 0 aliphatic rings. The van der Waals surface area contributed by atoms with E-state index in [2.05, 4.69) is 0 Å². The maximum atomic E-state index is 10.7. The molecule has 0 radical (unpaired) electrons. The first-order valence-corrected chi connectivity index (χ1v) is 21.8. The van der Waals surface area contributed by atoms with Gasteiger partial charge in [-0.3, -0.25) is 28.8 Å². The van der Waals surface area contributed by atoms with E-state index in [-0.39, 0.29) is 69.4 Å². The molecular formula is C45H72Al2O18. The molecule has 0 unspecified atom stereocenters. The molecule has 0 amide bonds. The number of Topliss-reactive ketones (excluding diaryl/α,β-unsaturated/α-hetero) is 6. The Balaban J connectivity index is -0.0000000994. The number of ketones is 6. The van der Waals surface area contributed by atoms with Crippen LogP contribution in [-0.4, -0.2) is 105 Å². The van der Waals surface area contributed by atoms with Crippen LogP contribution in [0.1, 0.15) is 215 Å². The van der Waals surface area contributed by atoms with Crippen LogP contribution in [0.5, 0.6) is 0 Å². The molecule has 0 atom stereocenters. The van der Waals surface area contributed by atoms with E-state index in [1.165, 1.54) is 0 Å². The molecule has 0 fully saturated rings. The van der Waals surface area contributed by atoms with E-state index in [4.69, 9.17) is 0 Å². The summed E-state index contributed by atoms with van der Waals surface area (Å²) in [7, 11) is 0. The molecule has 0 N–H and O–H groups in total. The number of unbranched alkanes of at least 4 members (excludes halogenated alkanes) is 9. The van der Waals surface area contributed by atoms with Crippen molar-refractivity contribution in [3.63, 3.8) is 0 Å². The Kier molecular flexibility index (Phi) is 72.0. The van der Waals surface area contributed by atoms with Crippen LogP contribution in [0.4, 0.5) is 0 Å². The van der Waals surface area contributed by atoms with E-state index in [0.29, 0.717) is 38.5 Å². The SMILES string of the molecule is CCCCC(=O)CC(=O)[O-].CCCCC(=O)CC(=O)[O-].CCCCC(=O)CC(=O)[O-].CCCCCC(=O)CC(=O)[O-].CCCCCC(=O)CC(=O)[O-].CCCCCC(=O)CC(=O)[O-].[Al+3].[Al+3]. The molecule has 0 aromatic rings. The topological polar surface area (TPSA) is 343 Å². The molecule has 65 heavy (non-hydrogen) atoms. The molecule has 0 bridgehead atoms. The zero-order valence-corrected chi connectivity index (χ0v) is 41.9. The molecule has 0 aliphatic heterocycles. The summed E-state index contributed by atoms with van der Waals surface area (Å²) in [5, 5.41) is 59.3. The van der Waals surface area contributed by atoms with Gasteiger partial charge in [-0.05, 0) is 38.5 Å². The summed E-state index contributed by atoms with van der Waals surface area (Å²) in [5.41, 5.74) is 0. The van der Waals surface area contributed by atoms with Crippen LogP contribution in [0.2, 0.25) is 0 Å². The van der Waals surface area contributed by atoms with E-state index in [9.17, 15) is 88.2 Å². The molecule has 0 rings (SSSR count). The minimum Gasteiger partial charge on any atom is -0.550 e. The second kappa shape index (κ2) is 59.9. The fraction of sp³-hybridized carbons (Fsp3) is 0.733. The third kappa shape index (κ3) is 91.3. The minimum atomic E-state index is -1.28. The van der Waals surface area contributed by atoms with Crippen molar-refractivity contribution in [1.82, 2.24) is 0 Å². The van der Waals surface area contributed by atoms with Crippen LogP contribution in [0.3, 0.4) is 0 Å².